The van der Waals surface area contributed by atoms with Crippen LogP contribution in [0, 0.1) is 0 Å². The Balaban J connectivity index is 4.35. The summed E-state index contributed by atoms with van der Waals surface area (Å²) in [7, 11) is 0. The van der Waals surface area contributed by atoms with Crippen molar-refractivity contribution in [2.75, 3.05) is 13.2 Å². The van der Waals surface area contributed by atoms with Gasteiger partial charge in [0.05, 0.1) is 0 Å². The van der Waals surface area contributed by atoms with Gasteiger partial charge >= 0.3 is 17.9 Å². The molecule has 0 bridgehead atoms. The summed E-state index contributed by atoms with van der Waals surface area (Å²) in [5.74, 6) is -0.942. The summed E-state index contributed by atoms with van der Waals surface area (Å²) < 4.78 is 16.9. The van der Waals surface area contributed by atoms with Gasteiger partial charge in [0.2, 0.25) is 0 Å². The van der Waals surface area contributed by atoms with Gasteiger partial charge in [0.1, 0.15) is 13.2 Å². The van der Waals surface area contributed by atoms with E-state index in [1.54, 1.807) is 0 Å². The number of hydrogen-bond donors (Lipinski definition) is 0. The summed E-state index contributed by atoms with van der Waals surface area (Å²) in [4.78, 5) is 38.3. The molecule has 0 N–H and O–H groups in total. The van der Waals surface area contributed by atoms with Crippen molar-refractivity contribution in [3.8, 4) is 0 Å². The van der Waals surface area contributed by atoms with Crippen molar-refractivity contribution in [1.29, 1.82) is 0 Å². The summed E-state index contributed by atoms with van der Waals surface area (Å²) in [6, 6.07) is 0. The first-order valence-electron chi connectivity index (χ1n) is 33.8. The fourth-order valence-corrected chi connectivity index (χ4v) is 9.10. The molecule has 0 rings (SSSR count). The van der Waals surface area contributed by atoms with Crippen LogP contribution < -0.4 is 0 Å². The molecule has 0 aromatic carbocycles. The Labute approximate surface area is 506 Å². The first kappa shape index (κ1) is 77.3. The van der Waals surface area contributed by atoms with Crippen LogP contribution in [0.3, 0.4) is 0 Å². The summed E-state index contributed by atoms with van der Waals surface area (Å²) in [5.41, 5.74) is 0. The molecule has 6 nitrogen and oxygen atoms in total. The minimum atomic E-state index is -0.803. The van der Waals surface area contributed by atoms with Crippen LogP contribution in [-0.2, 0) is 28.6 Å². The number of carbonyl (C=O) groups is 3. The van der Waals surface area contributed by atoms with Crippen LogP contribution in [-0.4, -0.2) is 37.2 Å². The average molecular weight is 1130 g/mol. The Hall–Kier alpha value is -4.71. The van der Waals surface area contributed by atoms with Gasteiger partial charge in [-0.1, -0.05) is 301 Å². The first-order valence-corrected chi connectivity index (χ1v) is 33.8. The van der Waals surface area contributed by atoms with Crippen LogP contribution in [0.5, 0.6) is 0 Å². The highest BCUT2D eigenvalue weighted by molar-refractivity contribution is 5.71. The SMILES string of the molecule is CC/C=C\C/C=C\C/C=C\C/C=C\C/C=C\C/C=C\C/C=C\C/C=C\C/C=C\CCCCCCCC(=O)OCC(COC(=O)CCCCC/C=C\C/C=C\C/C=C\CC)OC(=O)CCCCCCCCCCCCCCCCCCCC. The van der Waals surface area contributed by atoms with E-state index < -0.39 is 6.10 Å². The standard InChI is InChI=1S/C76H124O6/c1-4-7-10-13-16-19-22-25-27-29-31-32-33-34-35-36-37-38-39-40-41-42-43-44-45-47-48-51-54-57-60-63-66-69-75(78)81-72-73(71-80-74(77)68-65-62-59-56-53-50-24-21-18-15-12-9-6-3)82-76(79)70-67-64-61-58-55-52-49-46-30-28-26-23-20-17-14-11-8-5-2/h7,9-10,12,16,18-19,21,25,27,31-32,34-35,37-38,40-41,43-44,47-48,50,53,73H,4-6,8,11,13-15,17,20,22-24,26,28-30,33,36,39,42,45-46,49,51-52,54-72H2,1-3H3/b10-7-,12-9-,19-16-,21-18-,27-25-,32-31-,35-34-,38-37-,41-40-,44-43-,48-47-,53-50-. The van der Waals surface area contributed by atoms with E-state index in [1.165, 1.54) is 96.3 Å². The lowest BCUT2D eigenvalue weighted by Gasteiger charge is -2.18. The van der Waals surface area contributed by atoms with Crippen LogP contribution in [0.1, 0.15) is 297 Å². The van der Waals surface area contributed by atoms with Crippen molar-refractivity contribution in [2.45, 2.75) is 303 Å². The molecular formula is C76H124O6. The molecule has 0 aromatic rings. The number of esters is 3. The highest BCUT2D eigenvalue weighted by Crippen LogP contribution is 2.16. The monoisotopic (exact) mass is 1130 g/mol. The quantitative estimate of drug-likeness (QED) is 0.0261. The number of unbranched alkanes of at least 4 members (excludes halogenated alkanes) is 25. The van der Waals surface area contributed by atoms with E-state index in [0.717, 1.165) is 161 Å². The Morgan fingerprint density at radius 1 is 0.256 bits per heavy atom. The first-order chi connectivity index (χ1) is 40.5. The predicted octanol–water partition coefficient (Wildman–Crippen LogP) is 23.5. The Morgan fingerprint density at radius 2 is 0.476 bits per heavy atom. The van der Waals surface area contributed by atoms with Gasteiger partial charge in [0.25, 0.3) is 0 Å². The zero-order valence-corrected chi connectivity index (χ0v) is 53.2. The van der Waals surface area contributed by atoms with Crippen LogP contribution in [0.2, 0.25) is 0 Å². The Morgan fingerprint density at radius 3 is 0.756 bits per heavy atom. The van der Waals surface area contributed by atoms with E-state index in [9.17, 15) is 14.4 Å². The molecule has 0 saturated heterocycles. The maximum absolute atomic E-state index is 12.9. The van der Waals surface area contributed by atoms with Crippen molar-refractivity contribution >= 4 is 17.9 Å². The molecule has 0 aliphatic carbocycles. The number of ether oxygens (including phenoxy) is 3. The molecule has 0 spiro atoms. The van der Waals surface area contributed by atoms with E-state index >= 15 is 0 Å². The number of hydrogen-bond acceptors (Lipinski definition) is 6. The lowest BCUT2D eigenvalue weighted by molar-refractivity contribution is -0.167. The molecular weight excluding hydrogens is 1010 g/mol. The third-order valence-electron chi connectivity index (χ3n) is 14.1. The lowest BCUT2D eigenvalue weighted by atomic mass is 10.0. The number of allylic oxidation sites excluding steroid dienone is 24. The zero-order chi connectivity index (χ0) is 59.2. The van der Waals surface area contributed by atoms with Crippen LogP contribution in [0.15, 0.2) is 146 Å². The fourth-order valence-electron chi connectivity index (χ4n) is 9.10. The van der Waals surface area contributed by atoms with Crippen LogP contribution >= 0.6 is 0 Å². The summed E-state index contributed by atoms with van der Waals surface area (Å²) in [6.45, 7) is 6.39. The van der Waals surface area contributed by atoms with Gasteiger partial charge < -0.3 is 14.2 Å². The van der Waals surface area contributed by atoms with Crippen molar-refractivity contribution in [3.05, 3.63) is 146 Å². The van der Waals surface area contributed by atoms with E-state index in [2.05, 4.69) is 167 Å². The largest absolute Gasteiger partial charge is 0.462 e. The van der Waals surface area contributed by atoms with Gasteiger partial charge in [-0.25, -0.2) is 0 Å². The van der Waals surface area contributed by atoms with Crippen LogP contribution in [0.25, 0.3) is 0 Å². The number of carbonyl (C=O) groups excluding carboxylic acids is 3. The van der Waals surface area contributed by atoms with Crippen molar-refractivity contribution in [1.82, 2.24) is 0 Å². The van der Waals surface area contributed by atoms with Crippen LogP contribution in [0.4, 0.5) is 0 Å². The Kier molecular flexibility index (Phi) is 64.8. The van der Waals surface area contributed by atoms with Gasteiger partial charge in [-0.15, -0.1) is 0 Å². The third kappa shape index (κ3) is 66.1. The summed E-state index contributed by atoms with van der Waals surface area (Å²) in [5, 5.41) is 0. The molecule has 6 heteroatoms. The molecule has 0 aromatic heterocycles. The van der Waals surface area contributed by atoms with Gasteiger partial charge in [-0.3, -0.25) is 14.4 Å². The summed E-state index contributed by atoms with van der Waals surface area (Å²) in [6.07, 6.45) is 98.7. The molecule has 0 saturated carbocycles. The second-order valence-corrected chi connectivity index (χ2v) is 22.0. The van der Waals surface area contributed by atoms with Crippen molar-refractivity contribution in [3.63, 3.8) is 0 Å². The fraction of sp³-hybridized carbons (Fsp3) is 0.645. The molecule has 82 heavy (non-hydrogen) atoms. The normalized spacial score (nSPS) is 13.1. The smallest absolute Gasteiger partial charge is 0.306 e. The van der Waals surface area contributed by atoms with Crippen molar-refractivity contribution in [2.24, 2.45) is 0 Å². The second kappa shape index (κ2) is 68.8. The molecule has 0 fully saturated rings. The molecule has 0 amide bonds. The minimum Gasteiger partial charge on any atom is -0.462 e. The minimum absolute atomic E-state index is 0.1000. The molecule has 0 aliphatic rings. The van der Waals surface area contributed by atoms with Gasteiger partial charge in [-0.2, -0.15) is 0 Å². The highest BCUT2D eigenvalue weighted by atomic mass is 16.6. The molecule has 1 atom stereocenters. The molecule has 464 valence electrons. The van der Waals surface area contributed by atoms with Gasteiger partial charge in [0, 0.05) is 19.3 Å². The molecule has 1 unspecified atom stereocenters. The summed E-state index contributed by atoms with van der Waals surface area (Å²) >= 11 is 0. The molecule has 0 aliphatic heterocycles. The Bertz CT molecular complexity index is 1780. The third-order valence-corrected chi connectivity index (χ3v) is 14.1. The molecule has 0 heterocycles. The average Bonchev–Trinajstić information content (AvgIpc) is 3.47. The maximum atomic E-state index is 12.9. The zero-order valence-electron chi connectivity index (χ0n) is 53.2. The van der Waals surface area contributed by atoms with E-state index in [0.29, 0.717) is 19.3 Å². The number of rotatable bonds is 60. The van der Waals surface area contributed by atoms with Gasteiger partial charge in [0.15, 0.2) is 6.10 Å². The van der Waals surface area contributed by atoms with E-state index in [-0.39, 0.29) is 31.1 Å². The highest BCUT2D eigenvalue weighted by Gasteiger charge is 2.19. The van der Waals surface area contributed by atoms with Crippen molar-refractivity contribution < 1.29 is 28.6 Å². The second-order valence-electron chi connectivity index (χ2n) is 22.0. The maximum Gasteiger partial charge on any atom is 0.306 e. The molecule has 0 radical (unpaired) electrons. The van der Waals surface area contributed by atoms with Gasteiger partial charge in [-0.05, 0) is 122 Å². The van der Waals surface area contributed by atoms with E-state index in [4.69, 9.17) is 14.2 Å². The topological polar surface area (TPSA) is 78.9 Å². The predicted molar refractivity (Wildman–Crippen MR) is 357 cm³/mol. The van der Waals surface area contributed by atoms with E-state index in [1.807, 2.05) is 0 Å². The lowest BCUT2D eigenvalue weighted by Crippen LogP contribution is -2.30.